The summed E-state index contributed by atoms with van der Waals surface area (Å²) in [4.78, 5) is 18.5. The van der Waals surface area contributed by atoms with Crippen molar-refractivity contribution in [2.75, 3.05) is 0 Å². The predicted molar refractivity (Wildman–Crippen MR) is 92.0 cm³/mol. The van der Waals surface area contributed by atoms with Gasteiger partial charge in [0, 0.05) is 12.2 Å². The zero-order valence-corrected chi connectivity index (χ0v) is 14.1. The molecular formula is C18H26O5. The summed E-state index contributed by atoms with van der Waals surface area (Å²) in [7, 11) is 0. The third kappa shape index (κ3) is 10.8. The maximum Gasteiger partial charge on any atom is 0.327 e. The summed E-state index contributed by atoms with van der Waals surface area (Å²) >= 11 is 0. The molecule has 0 saturated heterocycles. The van der Waals surface area contributed by atoms with Gasteiger partial charge in [0.2, 0.25) is 0 Å². The lowest BCUT2D eigenvalue weighted by atomic mass is 9.90. The van der Waals surface area contributed by atoms with Crippen LogP contribution >= 0.6 is 0 Å². The molecule has 0 aromatic heterocycles. The molecule has 23 heavy (non-hydrogen) atoms. The molecule has 0 aliphatic rings. The average Bonchev–Trinajstić information content (AvgIpc) is 2.47. The molecule has 0 fully saturated rings. The first-order valence-corrected chi connectivity index (χ1v) is 7.10. The summed E-state index contributed by atoms with van der Waals surface area (Å²) in [6, 6.07) is 5.78. The smallest absolute Gasteiger partial charge is 0.327 e. The first-order valence-electron chi connectivity index (χ1n) is 7.10. The Morgan fingerprint density at radius 1 is 0.957 bits per heavy atom. The standard InChI is InChI=1S/C12H18O.2C3H4O2/c1-8(2)10-6-5-7-11(13)12(10)9(3)4;2*1-2-3(4)5/h5-9,13H,1-4H3;2*2H,1H2,(H,4,5). The second-order valence-electron chi connectivity index (χ2n) is 5.17. The molecule has 128 valence electrons. The van der Waals surface area contributed by atoms with Gasteiger partial charge < -0.3 is 15.3 Å². The molecule has 3 N–H and O–H groups in total. The topological polar surface area (TPSA) is 94.8 Å². The highest BCUT2D eigenvalue weighted by atomic mass is 16.4. The van der Waals surface area contributed by atoms with E-state index in [1.165, 1.54) is 5.56 Å². The molecule has 1 rings (SSSR count). The van der Waals surface area contributed by atoms with Gasteiger partial charge >= 0.3 is 11.9 Å². The Morgan fingerprint density at radius 2 is 1.35 bits per heavy atom. The summed E-state index contributed by atoms with van der Waals surface area (Å²) in [5, 5.41) is 24.9. The van der Waals surface area contributed by atoms with Gasteiger partial charge in [-0.05, 0) is 29.0 Å². The van der Waals surface area contributed by atoms with Crippen LogP contribution in [0.25, 0.3) is 0 Å². The van der Waals surface area contributed by atoms with Crippen molar-refractivity contribution in [1.82, 2.24) is 0 Å². The zero-order chi connectivity index (χ0) is 18.6. The van der Waals surface area contributed by atoms with Gasteiger partial charge in [0.25, 0.3) is 0 Å². The van der Waals surface area contributed by atoms with Crippen molar-refractivity contribution < 1.29 is 24.9 Å². The van der Waals surface area contributed by atoms with Gasteiger partial charge in [-0.3, -0.25) is 0 Å². The van der Waals surface area contributed by atoms with Crippen molar-refractivity contribution >= 4 is 11.9 Å². The molecule has 0 heterocycles. The molecule has 0 aliphatic carbocycles. The van der Waals surface area contributed by atoms with Gasteiger partial charge in [0.15, 0.2) is 0 Å². The molecule has 0 atom stereocenters. The van der Waals surface area contributed by atoms with Gasteiger partial charge in [-0.2, -0.15) is 0 Å². The number of aliphatic carboxylic acids is 2. The van der Waals surface area contributed by atoms with E-state index in [9.17, 15) is 14.7 Å². The zero-order valence-electron chi connectivity index (χ0n) is 14.1. The second kappa shape index (κ2) is 12.0. The van der Waals surface area contributed by atoms with Gasteiger partial charge in [-0.15, -0.1) is 0 Å². The van der Waals surface area contributed by atoms with E-state index in [1.807, 2.05) is 6.07 Å². The van der Waals surface area contributed by atoms with Crippen LogP contribution in [0.2, 0.25) is 0 Å². The molecule has 5 nitrogen and oxygen atoms in total. The van der Waals surface area contributed by atoms with Crippen molar-refractivity contribution in [3.8, 4) is 5.75 Å². The van der Waals surface area contributed by atoms with Crippen molar-refractivity contribution in [3.05, 3.63) is 54.6 Å². The summed E-state index contributed by atoms with van der Waals surface area (Å²) in [6.45, 7) is 14.5. The predicted octanol–water partition coefficient (Wildman–Crippen LogP) is 4.15. The first kappa shape index (κ1) is 22.7. The Balaban J connectivity index is 0. The minimum Gasteiger partial charge on any atom is -0.508 e. The first-order chi connectivity index (χ1) is 10.6. The Hall–Kier alpha value is -2.56. The number of aromatic hydroxyl groups is 1. The number of carbonyl (C=O) groups is 2. The minimum atomic E-state index is -0.981. The number of phenols is 1. The highest BCUT2D eigenvalue weighted by molar-refractivity contribution is 5.79. The van der Waals surface area contributed by atoms with E-state index < -0.39 is 11.9 Å². The maximum atomic E-state index is 9.71. The van der Waals surface area contributed by atoms with Crippen molar-refractivity contribution in [2.24, 2.45) is 0 Å². The molecule has 0 radical (unpaired) electrons. The number of rotatable bonds is 4. The Kier molecular flexibility index (Phi) is 11.9. The van der Waals surface area contributed by atoms with Crippen LogP contribution in [-0.2, 0) is 9.59 Å². The highest BCUT2D eigenvalue weighted by Crippen LogP contribution is 2.32. The summed E-state index contributed by atoms with van der Waals surface area (Å²) in [5.41, 5.74) is 2.35. The molecule has 0 spiro atoms. The summed E-state index contributed by atoms with van der Waals surface area (Å²) in [5.74, 6) is -0.667. The monoisotopic (exact) mass is 322 g/mol. The summed E-state index contributed by atoms with van der Waals surface area (Å²) < 4.78 is 0. The SMILES string of the molecule is C=CC(=O)O.C=CC(=O)O.CC(C)c1cccc(O)c1C(C)C. The molecule has 5 heteroatoms. The molecule has 0 aliphatic heterocycles. The normalized spacial score (nSPS) is 9.13. The van der Waals surface area contributed by atoms with Gasteiger partial charge in [-0.1, -0.05) is 53.0 Å². The average molecular weight is 322 g/mol. The third-order valence-corrected chi connectivity index (χ3v) is 2.67. The van der Waals surface area contributed by atoms with E-state index in [-0.39, 0.29) is 0 Å². The Labute approximate surface area is 137 Å². The van der Waals surface area contributed by atoms with Crippen molar-refractivity contribution in [3.63, 3.8) is 0 Å². The Morgan fingerprint density at radius 3 is 1.57 bits per heavy atom. The fourth-order valence-corrected chi connectivity index (χ4v) is 1.70. The van der Waals surface area contributed by atoms with Gasteiger partial charge in [0.05, 0.1) is 0 Å². The molecule has 0 bridgehead atoms. The van der Waals surface area contributed by atoms with Crippen LogP contribution in [0, 0.1) is 0 Å². The van der Waals surface area contributed by atoms with E-state index in [1.54, 1.807) is 6.07 Å². The number of carboxylic acids is 2. The molecule has 0 saturated carbocycles. The van der Waals surface area contributed by atoms with Crippen LogP contribution in [0.1, 0.15) is 50.7 Å². The van der Waals surface area contributed by atoms with Crippen LogP contribution in [0.15, 0.2) is 43.5 Å². The number of hydrogen-bond acceptors (Lipinski definition) is 3. The van der Waals surface area contributed by atoms with Crippen LogP contribution in [0.5, 0.6) is 5.75 Å². The number of phenolic OH excluding ortho intramolecular Hbond substituents is 1. The number of carboxylic acid groups (broad SMARTS) is 2. The van der Waals surface area contributed by atoms with Crippen LogP contribution in [0.4, 0.5) is 0 Å². The van der Waals surface area contributed by atoms with E-state index in [2.05, 4.69) is 46.9 Å². The molecule has 1 aromatic rings. The lowest BCUT2D eigenvalue weighted by Crippen LogP contribution is -1.98. The van der Waals surface area contributed by atoms with E-state index >= 15 is 0 Å². The van der Waals surface area contributed by atoms with Gasteiger partial charge in [0.1, 0.15) is 5.75 Å². The molecule has 0 amide bonds. The Bertz CT molecular complexity index is 512. The highest BCUT2D eigenvalue weighted by Gasteiger charge is 2.13. The summed E-state index contributed by atoms with van der Waals surface area (Å²) in [6.07, 6.45) is 1.67. The van der Waals surface area contributed by atoms with Crippen LogP contribution < -0.4 is 0 Å². The molecule has 0 unspecified atom stereocenters. The lowest BCUT2D eigenvalue weighted by Gasteiger charge is -2.16. The fraction of sp³-hybridized carbons (Fsp3) is 0.333. The molecular weight excluding hydrogens is 296 g/mol. The van der Waals surface area contributed by atoms with Crippen molar-refractivity contribution in [2.45, 2.75) is 39.5 Å². The lowest BCUT2D eigenvalue weighted by molar-refractivity contribution is -0.132. The number of benzene rings is 1. The van der Waals surface area contributed by atoms with E-state index in [4.69, 9.17) is 10.2 Å². The maximum absolute atomic E-state index is 9.71. The largest absolute Gasteiger partial charge is 0.508 e. The number of hydrogen-bond donors (Lipinski definition) is 3. The van der Waals surface area contributed by atoms with Gasteiger partial charge in [-0.25, -0.2) is 9.59 Å². The van der Waals surface area contributed by atoms with E-state index in [0.29, 0.717) is 17.6 Å². The van der Waals surface area contributed by atoms with E-state index in [0.717, 1.165) is 17.7 Å². The third-order valence-electron chi connectivity index (χ3n) is 2.67. The quantitative estimate of drug-likeness (QED) is 0.724. The fourth-order valence-electron chi connectivity index (χ4n) is 1.70. The van der Waals surface area contributed by atoms with Crippen LogP contribution in [-0.4, -0.2) is 27.3 Å². The second-order valence-corrected chi connectivity index (χ2v) is 5.17. The minimum absolute atomic E-state index is 0.388. The molecule has 1 aromatic carbocycles. The van der Waals surface area contributed by atoms with Crippen LogP contribution in [0.3, 0.4) is 0 Å². The van der Waals surface area contributed by atoms with Crippen molar-refractivity contribution in [1.29, 1.82) is 0 Å².